The van der Waals surface area contributed by atoms with Crippen LogP contribution in [0.3, 0.4) is 0 Å². The summed E-state index contributed by atoms with van der Waals surface area (Å²) in [7, 11) is 2.00. The third-order valence-electron chi connectivity index (χ3n) is 5.01. The number of likely N-dealkylation sites (tertiary alicyclic amines) is 1. The summed E-state index contributed by atoms with van der Waals surface area (Å²) in [6, 6.07) is 2.20. The van der Waals surface area contributed by atoms with Gasteiger partial charge in [0.2, 0.25) is 0 Å². The predicted molar refractivity (Wildman–Crippen MR) is 92.7 cm³/mol. The van der Waals surface area contributed by atoms with Gasteiger partial charge < -0.3 is 10.2 Å². The summed E-state index contributed by atoms with van der Waals surface area (Å²) in [5.74, 6) is 0.890. The van der Waals surface area contributed by atoms with Crippen molar-refractivity contribution >= 4 is 17.2 Å². The van der Waals surface area contributed by atoms with Crippen LogP contribution in [0.15, 0.2) is 6.07 Å². The second kappa shape index (κ2) is 7.60. The van der Waals surface area contributed by atoms with Crippen molar-refractivity contribution in [2.75, 3.05) is 26.7 Å². The largest absolute Gasteiger partial charge is 0.338 e. The standard InChI is InChI=1S/C18H28N2OS/c1-19-12-14-7-6-10-20(13-14)18(21)17-11-15-8-4-2-3-5-9-16(15)22-17/h11,14,19H,2-10,12-13H2,1H3. The van der Waals surface area contributed by atoms with Gasteiger partial charge in [-0.25, -0.2) is 0 Å². The number of rotatable bonds is 3. The molecule has 3 nitrogen and oxygen atoms in total. The number of piperidine rings is 1. The Morgan fingerprint density at radius 2 is 2.09 bits per heavy atom. The lowest BCUT2D eigenvalue weighted by atomic mass is 9.97. The highest BCUT2D eigenvalue weighted by atomic mass is 32.1. The van der Waals surface area contributed by atoms with Gasteiger partial charge in [-0.15, -0.1) is 11.3 Å². The van der Waals surface area contributed by atoms with Crippen LogP contribution in [0.5, 0.6) is 0 Å². The molecule has 1 atom stereocenters. The van der Waals surface area contributed by atoms with Gasteiger partial charge in [0.25, 0.3) is 5.91 Å². The van der Waals surface area contributed by atoms with Crippen molar-refractivity contribution in [2.45, 2.75) is 51.4 Å². The lowest BCUT2D eigenvalue weighted by molar-refractivity contribution is 0.0679. The van der Waals surface area contributed by atoms with E-state index < -0.39 is 0 Å². The smallest absolute Gasteiger partial charge is 0.263 e. The van der Waals surface area contributed by atoms with Crippen molar-refractivity contribution in [3.8, 4) is 0 Å². The summed E-state index contributed by atoms with van der Waals surface area (Å²) in [4.78, 5) is 17.4. The number of carbonyl (C=O) groups excluding carboxylic acids is 1. The van der Waals surface area contributed by atoms with Crippen LogP contribution in [0.1, 0.15) is 58.6 Å². The zero-order valence-electron chi connectivity index (χ0n) is 13.7. The van der Waals surface area contributed by atoms with E-state index in [2.05, 4.69) is 16.3 Å². The van der Waals surface area contributed by atoms with E-state index in [0.29, 0.717) is 5.92 Å². The van der Waals surface area contributed by atoms with Gasteiger partial charge in [0.15, 0.2) is 0 Å². The molecule has 0 saturated carbocycles. The number of hydrogen-bond donors (Lipinski definition) is 1. The number of fused-ring (bicyclic) bond motifs is 1. The molecule has 0 aromatic carbocycles. The molecule has 122 valence electrons. The third-order valence-corrected chi connectivity index (χ3v) is 6.23. The SMILES string of the molecule is CNCC1CCCN(C(=O)c2cc3c(s2)CCCCCC3)C1. The molecule has 1 aliphatic heterocycles. The highest BCUT2D eigenvalue weighted by Crippen LogP contribution is 2.30. The van der Waals surface area contributed by atoms with E-state index in [1.54, 1.807) is 11.3 Å². The summed E-state index contributed by atoms with van der Waals surface area (Å²) in [6.45, 7) is 2.87. The minimum atomic E-state index is 0.276. The minimum absolute atomic E-state index is 0.276. The van der Waals surface area contributed by atoms with Crippen molar-refractivity contribution in [1.82, 2.24) is 10.2 Å². The van der Waals surface area contributed by atoms with Crippen LogP contribution in [0.4, 0.5) is 0 Å². The van der Waals surface area contributed by atoms with Gasteiger partial charge in [-0.2, -0.15) is 0 Å². The van der Waals surface area contributed by atoms with Gasteiger partial charge in [-0.1, -0.05) is 12.8 Å². The first-order valence-corrected chi connectivity index (χ1v) is 9.65. The molecule has 3 rings (SSSR count). The van der Waals surface area contributed by atoms with Crippen LogP contribution >= 0.6 is 11.3 Å². The molecule has 2 heterocycles. The average Bonchev–Trinajstić information content (AvgIpc) is 2.89. The maximum Gasteiger partial charge on any atom is 0.263 e. The molecule has 1 unspecified atom stereocenters. The zero-order chi connectivity index (χ0) is 15.4. The van der Waals surface area contributed by atoms with E-state index in [-0.39, 0.29) is 5.91 Å². The highest BCUT2D eigenvalue weighted by Gasteiger charge is 2.26. The first-order chi connectivity index (χ1) is 10.8. The molecule has 4 heteroatoms. The lowest BCUT2D eigenvalue weighted by Gasteiger charge is -2.32. The Bertz CT molecular complexity index is 484. The van der Waals surface area contributed by atoms with Crippen molar-refractivity contribution in [3.05, 3.63) is 21.4 Å². The van der Waals surface area contributed by atoms with E-state index in [1.165, 1.54) is 55.4 Å². The molecule has 0 bridgehead atoms. The maximum absolute atomic E-state index is 12.9. The van der Waals surface area contributed by atoms with Gasteiger partial charge in [-0.3, -0.25) is 4.79 Å². The van der Waals surface area contributed by atoms with E-state index >= 15 is 0 Å². The van der Waals surface area contributed by atoms with Crippen LogP contribution in [-0.4, -0.2) is 37.5 Å². The summed E-state index contributed by atoms with van der Waals surface area (Å²) in [5.41, 5.74) is 1.46. The molecule has 0 spiro atoms. The fourth-order valence-electron chi connectivity index (χ4n) is 3.81. The third kappa shape index (κ3) is 3.72. The van der Waals surface area contributed by atoms with Gasteiger partial charge in [0, 0.05) is 18.0 Å². The monoisotopic (exact) mass is 320 g/mol. The number of amides is 1. The van der Waals surface area contributed by atoms with E-state index in [9.17, 15) is 4.79 Å². The summed E-state index contributed by atoms with van der Waals surface area (Å²) < 4.78 is 0. The van der Waals surface area contributed by atoms with E-state index in [4.69, 9.17) is 0 Å². The predicted octanol–water partition coefficient (Wildman–Crippen LogP) is 3.48. The van der Waals surface area contributed by atoms with Crippen LogP contribution < -0.4 is 5.32 Å². The molecule has 22 heavy (non-hydrogen) atoms. The van der Waals surface area contributed by atoms with Crippen molar-refractivity contribution in [1.29, 1.82) is 0 Å². The van der Waals surface area contributed by atoms with E-state index in [0.717, 1.165) is 30.9 Å². The Labute approximate surface area is 138 Å². The summed E-state index contributed by atoms with van der Waals surface area (Å²) in [6.07, 6.45) is 9.99. The summed E-state index contributed by atoms with van der Waals surface area (Å²) in [5, 5.41) is 3.25. The summed E-state index contributed by atoms with van der Waals surface area (Å²) >= 11 is 1.77. The second-order valence-corrected chi connectivity index (χ2v) is 7.93. The molecule has 1 amide bonds. The number of thiophene rings is 1. The molecule has 1 saturated heterocycles. The molecular formula is C18H28N2OS. The molecule has 1 aromatic heterocycles. The first-order valence-electron chi connectivity index (χ1n) is 8.83. The molecule has 1 aromatic rings. The molecule has 1 N–H and O–H groups in total. The van der Waals surface area contributed by atoms with Crippen LogP contribution in [0, 0.1) is 5.92 Å². The molecule has 0 radical (unpaired) electrons. The topological polar surface area (TPSA) is 32.3 Å². The van der Waals surface area contributed by atoms with Crippen LogP contribution in [0.2, 0.25) is 0 Å². The molecule has 1 fully saturated rings. The highest BCUT2D eigenvalue weighted by molar-refractivity contribution is 7.14. The van der Waals surface area contributed by atoms with Crippen molar-refractivity contribution in [2.24, 2.45) is 5.92 Å². The van der Waals surface area contributed by atoms with Crippen LogP contribution in [-0.2, 0) is 12.8 Å². The number of hydrogen-bond acceptors (Lipinski definition) is 3. The Kier molecular flexibility index (Phi) is 5.53. The van der Waals surface area contributed by atoms with Crippen LogP contribution in [0.25, 0.3) is 0 Å². The molecular weight excluding hydrogens is 292 g/mol. The molecule has 1 aliphatic carbocycles. The normalized spacial score (nSPS) is 22.8. The lowest BCUT2D eigenvalue weighted by Crippen LogP contribution is -2.42. The van der Waals surface area contributed by atoms with Gasteiger partial charge >= 0.3 is 0 Å². The van der Waals surface area contributed by atoms with Gasteiger partial charge in [0.1, 0.15) is 0 Å². The van der Waals surface area contributed by atoms with E-state index in [1.807, 2.05) is 7.05 Å². The van der Waals surface area contributed by atoms with Gasteiger partial charge in [0.05, 0.1) is 4.88 Å². The fraction of sp³-hybridized carbons (Fsp3) is 0.722. The van der Waals surface area contributed by atoms with Crippen molar-refractivity contribution in [3.63, 3.8) is 0 Å². The fourth-order valence-corrected chi connectivity index (χ4v) is 5.03. The first kappa shape index (κ1) is 16.0. The van der Waals surface area contributed by atoms with Gasteiger partial charge in [-0.05, 0) is 69.7 Å². The minimum Gasteiger partial charge on any atom is -0.338 e. The number of aryl methyl sites for hydroxylation is 2. The average molecular weight is 321 g/mol. The molecule has 2 aliphatic rings. The number of nitrogens with zero attached hydrogens (tertiary/aromatic N) is 1. The number of carbonyl (C=O) groups is 1. The Hall–Kier alpha value is -0.870. The zero-order valence-corrected chi connectivity index (χ0v) is 14.5. The Morgan fingerprint density at radius 1 is 1.27 bits per heavy atom. The Balaban J connectivity index is 1.70. The maximum atomic E-state index is 12.9. The Morgan fingerprint density at radius 3 is 2.91 bits per heavy atom. The quantitative estimate of drug-likeness (QED) is 0.925. The van der Waals surface area contributed by atoms with Crippen molar-refractivity contribution < 1.29 is 4.79 Å². The number of nitrogens with one attached hydrogen (secondary N) is 1. The second-order valence-electron chi connectivity index (χ2n) is 6.79.